The van der Waals surface area contributed by atoms with Gasteiger partial charge in [0.25, 0.3) is 0 Å². The van der Waals surface area contributed by atoms with Crippen molar-refractivity contribution in [2.24, 2.45) is 0 Å². The fourth-order valence-corrected chi connectivity index (χ4v) is 2.16. The van der Waals surface area contributed by atoms with Crippen LogP contribution in [-0.2, 0) is 35.2 Å². The predicted octanol–water partition coefficient (Wildman–Crippen LogP) is 1.79. The summed E-state index contributed by atoms with van der Waals surface area (Å²) >= 11 is 0. The molecule has 1 unspecified atom stereocenters. The van der Waals surface area contributed by atoms with Gasteiger partial charge < -0.3 is 14.2 Å². The minimum atomic E-state index is -0.522. The standard InChI is InChI=1S/C19H20O6/c1-23-17(13-24-11-14-5-3-2-4-6-14)10-19(22)25-12-15-9-16(20)7-8-18(15)21/h2-9,17H,10-13H2,1H3. The molecule has 1 aliphatic carbocycles. The van der Waals surface area contributed by atoms with E-state index in [4.69, 9.17) is 14.2 Å². The van der Waals surface area contributed by atoms with Gasteiger partial charge >= 0.3 is 5.97 Å². The van der Waals surface area contributed by atoms with E-state index in [1.807, 2.05) is 30.3 Å². The molecule has 6 nitrogen and oxygen atoms in total. The molecule has 0 saturated heterocycles. The van der Waals surface area contributed by atoms with E-state index >= 15 is 0 Å². The van der Waals surface area contributed by atoms with Gasteiger partial charge in [-0.3, -0.25) is 14.4 Å². The number of esters is 1. The first-order chi connectivity index (χ1) is 12.1. The van der Waals surface area contributed by atoms with Crippen LogP contribution in [0.3, 0.4) is 0 Å². The van der Waals surface area contributed by atoms with E-state index in [1.165, 1.54) is 25.3 Å². The van der Waals surface area contributed by atoms with Gasteiger partial charge in [-0.15, -0.1) is 0 Å². The highest BCUT2D eigenvalue weighted by Crippen LogP contribution is 2.08. The van der Waals surface area contributed by atoms with Crippen molar-refractivity contribution < 1.29 is 28.6 Å². The molecule has 0 heterocycles. The highest BCUT2D eigenvalue weighted by Gasteiger charge is 2.18. The summed E-state index contributed by atoms with van der Waals surface area (Å²) in [4.78, 5) is 34.7. The van der Waals surface area contributed by atoms with Crippen LogP contribution in [0, 0.1) is 0 Å². The molecule has 0 amide bonds. The van der Waals surface area contributed by atoms with Gasteiger partial charge in [0.1, 0.15) is 6.61 Å². The van der Waals surface area contributed by atoms with E-state index in [2.05, 4.69) is 0 Å². The number of hydrogen-bond donors (Lipinski definition) is 0. The second-order valence-electron chi connectivity index (χ2n) is 5.49. The Morgan fingerprint density at radius 3 is 2.56 bits per heavy atom. The van der Waals surface area contributed by atoms with Crippen LogP contribution in [0.1, 0.15) is 12.0 Å². The van der Waals surface area contributed by atoms with Gasteiger partial charge in [-0.2, -0.15) is 0 Å². The fourth-order valence-electron chi connectivity index (χ4n) is 2.16. The molecule has 0 spiro atoms. The van der Waals surface area contributed by atoms with Crippen LogP contribution in [0.5, 0.6) is 0 Å². The highest BCUT2D eigenvalue weighted by molar-refractivity contribution is 6.17. The first-order valence-corrected chi connectivity index (χ1v) is 7.85. The Kier molecular flexibility index (Phi) is 7.25. The Morgan fingerprint density at radius 2 is 1.84 bits per heavy atom. The molecule has 1 atom stereocenters. The van der Waals surface area contributed by atoms with Crippen molar-refractivity contribution in [1.29, 1.82) is 0 Å². The fraction of sp³-hybridized carbons (Fsp3) is 0.316. The van der Waals surface area contributed by atoms with E-state index in [-0.39, 0.29) is 36.8 Å². The zero-order valence-electron chi connectivity index (χ0n) is 14.0. The molecule has 2 rings (SSSR count). The SMILES string of the molecule is COC(COCc1ccccc1)CC(=O)OCC1=CC(=O)C=CC1=O. The number of carbonyl (C=O) groups is 3. The number of ketones is 2. The first kappa shape index (κ1) is 18.8. The van der Waals surface area contributed by atoms with E-state index in [0.717, 1.165) is 5.56 Å². The van der Waals surface area contributed by atoms with Crippen LogP contribution in [-0.4, -0.2) is 44.0 Å². The normalized spacial score (nSPS) is 15.0. The number of methoxy groups -OCH3 is 1. The molecule has 0 aromatic heterocycles. The van der Waals surface area contributed by atoms with Crippen molar-refractivity contribution in [3.05, 3.63) is 59.7 Å². The number of hydrogen-bond acceptors (Lipinski definition) is 6. The predicted molar refractivity (Wildman–Crippen MR) is 89.7 cm³/mol. The van der Waals surface area contributed by atoms with Crippen LogP contribution in [0.25, 0.3) is 0 Å². The molecule has 0 bridgehead atoms. The van der Waals surface area contributed by atoms with E-state index in [1.54, 1.807) is 0 Å². The second-order valence-corrected chi connectivity index (χ2v) is 5.49. The summed E-state index contributed by atoms with van der Waals surface area (Å²) in [5.74, 6) is -1.15. The molecule has 0 saturated carbocycles. The average Bonchev–Trinajstić information content (AvgIpc) is 2.62. The molecule has 132 valence electrons. The van der Waals surface area contributed by atoms with Crippen LogP contribution < -0.4 is 0 Å². The Bertz CT molecular complexity index is 674. The van der Waals surface area contributed by atoms with Gasteiger partial charge in [0.15, 0.2) is 11.6 Å². The lowest BCUT2D eigenvalue weighted by Crippen LogP contribution is -2.24. The third-order valence-corrected chi connectivity index (χ3v) is 3.56. The van der Waals surface area contributed by atoms with Crippen molar-refractivity contribution in [2.45, 2.75) is 19.1 Å². The molecular weight excluding hydrogens is 324 g/mol. The quantitative estimate of drug-likeness (QED) is 0.502. The molecule has 1 aliphatic rings. The topological polar surface area (TPSA) is 78.9 Å². The Morgan fingerprint density at radius 1 is 1.08 bits per heavy atom. The van der Waals surface area contributed by atoms with Crippen molar-refractivity contribution in [3.8, 4) is 0 Å². The van der Waals surface area contributed by atoms with E-state index in [9.17, 15) is 14.4 Å². The summed E-state index contributed by atoms with van der Waals surface area (Å²) in [5.41, 5.74) is 1.19. The molecule has 25 heavy (non-hydrogen) atoms. The van der Waals surface area contributed by atoms with E-state index in [0.29, 0.717) is 6.61 Å². The van der Waals surface area contributed by atoms with Gasteiger partial charge in [0.2, 0.25) is 0 Å². The van der Waals surface area contributed by atoms with Crippen LogP contribution in [0.15, 0.2) is 54.1 Å². The maximum atomic E-state index is 11.9. The lowest BCUT2D eigenvalue weighted by Gasteiger charge is -2.15. The number of allylic oxidation sites excluding steroid dienone is 3. The summed E-state index contributed by atoms with van der Waals surface area (Å²) in [6.07, 6.45) is 3.07. The lowest BCUT2D eigenvalue weighted by molar-refractivity contribution is -0.146. The molecule has 6 heteroatoms. The minimum absolute atomic E-state index is 0.00343. The molecule has 0 radical (unpaired) electrons. The van der Waals surface area contributed by atoms with Gasteiger partial charge in [-0.05, 0) is 23.8 Å². The summed E-state index contributed by atoms with van der Waals surface area (Å²) in [6, 6.07) is 9.66. The summed E-state index contributed by atoms with van der Waals surface area (Å²) in [6.45, 7) is 0.435. The van der Waals surface area contributed by atoms with Crippen molar-refractivity contribution in [1.82, 2.24) is 0 Å². The maximum Gasteiger partial charge on any atom is 0.308 e. The number of benzene rings is 1. The molecule has 0 fully saturated rings. The van der Waals surface area contributed by atoms with Crippen molar-refractivity contribution in [3.63, 3.8) is 0 Å². The highest BCUT2D eigenvalue weighted by atomic mass is 16.5. The Balaban J connectivity index is 1.72. The minimum Gasteiger partial charge on any atom is -0.461 e. The average molecular weight is 344 g/mol. The smallest absolute Gasteiger partial charge is 0.308 e. The molecule has 1 aromatic carbocycles. The van der Waals surface area contributed by atoms with Gasteiger partial charge in [0.05, 0.1) is 25.7 Å². The van der Waals surface area contributed by atoms with Crippen molar-refractivity contribution >= 4 is 17.5 Å². The summed E-state index contributed by atoms with van der Waals surface area (Å²) in [7, 11) is 1.49. The lowest BCUT2D eigenvalue weighted by atomic mass is 10.0. The zero-order chi connectivity index (χ0) is 18.1. The zero-order valence-corrected chi connectivity index (χ0v) is 14.0. The summed E-state index contributed by atoms with van der Waals surface area (Å²) in [5, 5.41) is 0. The van der Waals surface area contributed by atoms with Crippen molar-refractivity contribution in [2.75, 3.05) is 20.3 Å². The number of carbonyl (C=O) groups excluding carboxylic acids is 3. The van der Waals surface area contributed by atoms with E-state index < -0.39 is 12.1 Å². The third kappa shape index (κ3) is 6.45. The summed E-state index contributed by atoms with van der Waals surface area (Å²) < 4.78 is 15.8. The van der Waals surface area contributed by atoms with Gasteiger partial charge in [-0.25, -0.2) is 0 Å². The van der Waals surface area contributed by atoms with Crippen LogP contribution >= 0.6 is 0 Å². The number of rotatable bonds is 9. The van der Waals surface area contributed by atoms with Crippen LogP contribution in [0.4, 0.5) is 0 Å². The third-order valence-electron chi connectivity index (χ3n) is 3.56. The van der Waals surface area contributed by atoms with Gasteiger partial charge in [0, 0.05) is 12.7 Å². The number of ether oxygens (including phenoxy) is 3. The largest absolute Gasteiger partial charge is 0.461 e. The maximum absolute atomic E-state index is 11.9. The first-order valence-electron chi connectivity index (χ1n) is 7.85. The molecular formula is C19H20O6. The Labute approximate surface area is 146 Å². The second kappa shape index (κ2) is 9.66. The molecule has 0 N–H and O–H groups in total. The monoisotopic (exact) mass is 344 g/mol. The molecule has 0 aliphatic heterocycles. The molecule has 1 aromatic rings. The Hall–Kier alpha value is -2.57. The van der Waals surface area contributed by atoms with Gasteiger partial charge in [-0.1, -0.05) is 30.3 Å². The van der Waals surface area contributed by atoms with Crippen LogP contribution in [0.2, 0.25) is 0 Å².